The van der Waals surface area contributed by atoms with E-state index in [2.05, 4.69) is 33.4 Å². The predicted molar refractivity (Wildman–Crippen MR) is 124 cm³/mol. The number of benzene rings is 1. The molecule has 0 unspecified atom stereocenters. The summed E-state index contributed by atoms with van der Waals surface area (Å²) in [5.74, 6) is 0.776. The summed E-state index contributed by atoms with van der Waals surface area (Å²) in [4.78, 5) is 6.86. The fourth-order valence-corrected chi connectivity index (χ4v) is 6.47. The minimum Gasteiger partial charge on any atom is -0.382 e. The number of nitrogens with zero attached hydrogens (tertiary/aromatic N) is 2. The highest BCUT2D eigenvalue weighted by Crippen LogP contribution is 2.56. The lowest BCUT2D eigenvalue weighted by atomic mass is 9.52. The number of fused-ring (bicyclic) bond motifs is 1. The van der Waals surface area contributed by atoms with Crippen molar-refractivity contribution in [3.63, 3.8) is 0 Å². The number of methoxy groups -OCH3 is 1. The van der Waals surface area contributed by atoms with Crippen molar-refractivity contribution in [3.8, 4) is 0 Å². The van der Waals surface area contributed by atoms with Crippen molar-refractivity contribution in [1.29, 1.82) is 0 Å². The van der Waals surface area contributed by atoms with E-state index in [0.29, 0.717) is 24.7 Å². The predicted octanol–water partition coefficient (Wildman–Crippen LogP) is 4.55. The Balaban J connectivity index is 1.38. The quantitative estimate of drug-likeness (QED) is 0.634. The van der Waals surface area contributed by atoms with Gasteiger partial charge in [-0.25, -0.2) is 0 Å². The van der Waals surface area contributed by atoms with Gasteiger partial charge in [-0.2, -0.15) is 0 Å². The molecule has 1 saturated heterocycles. The van der Waals surface area contributed by atoms with Gasteiger partial charge in [-0.3, -0.25) is 9.88 Å². The lowest BCUT2D eigenvalue weighted by Crippen LogP contribution is -2.61. The minimum atomic E-state index is 0.361. The number of anilines is 2. The molecule has 0 amide bonds. The molecular weight excluding hydrogens is 386 g/mol. The summed E-state index contributed by atoms with van der Waals surface area (Å²) in [5, 5.41) is 3.60. The Hall–Kier alpha value is -1.95. The number of pyridine rings is 1. The molecule has 5 heteroatoms. The van der Waals surface area contributed by atoms with Crippen LogP contribution >= 0.6 is 0 Å². The molecule has 1 aliphatic heterocycles. The first-order chi connectivity index (χ1) is 15.3. The van der Waals surface area contributed by atoms with E-state index in [-0.39, 0.29) is 0 Å². The number of likely N-dealkylation sites (tertiary alicyclic amines) is 1. The summed E-state index contributed by atoms with van der Waals surface area (Å²) < 4.78 is 10.9. The van der Waals surface area contributed by atoms with Crippen LogP contribution in [0.3, 0.4) is 0 Å². The number of hydrogen-bond donors (Lipinski definition) is 1. The van der Waals surface area contributed by atoms with Gasteiger partial charge in [-0.05, 0) is 73.5 Å². The van der Waals surface area contributed by atoms with Gasteiger partial charge < -0.3 is 14.8 Å². The number of piperidine rings is 1. The molecule has 5 nitrogen and oxygen atoms in total. The van der Waals surface area contributed by atoms with Gasteiger partial charge in [-0.1, -0.05) is 18.9 Å². The molecule has 0 spiro atoms. The normalized spacial score (nSPS) is 27.4. The van der Waals surface area contributed by atoms with Crippen molar-refractivity contribution in [3.05, 3.63) is 53.9 Å². The maximum Gasteiger partial charge on any atom is 0.0700 e. The third-order valence-electron chi connectivity index (χ3n) is 7.88. The zero-order chi connectivity index (χ0) is 21.1. The third-order valence-corrected chi connectivity index (χ3v) is 7.88. The summed E-state index contributed by atoms with van der Waals surface area (Å²) in [6.45, 7) is 4.41. The molecule has 1 saturated carbocycles. The summed E-state index contributed by atoms with van der Waals surface area (Å²) >= 11 is 0. The molecule has 2 heterocycles. The highest BCUT2D eigenvalue weighted by atomic mass is 16.5. The molecular formula is C26H35N3O2. The summed E-state index contributed by atoms with van der Waals surface area (Å²) in [6.07, 6.45) is 11.6. The first-order valence-corrected chi connectivity index (χ1v) is 11.9. The maximum atomic E-state index is 5.81. The van der Waals surface area contributed by atoms with E-state index in [1.54, 1.807) is 18.2 Å². The molecule has 3 aliphatic rings. The SMILES string of the molecule is COCCOCCN1CC[C@]23CCCC[C@H]2[C@H]1Cc1ccc(Nc2ccncc2)cc13. The van der Waals surface area contributed by atoms with Gasteiger partial charge in [0.2, 0.25) is 0 Å². The lowest BCUT2D eigenvalue weighted by Gasteiger charge is -2.59. The average molecular weight is 422 g/mol. The van der Waals surface area contributed by atoms with Crippen LogP contribution in [0.4, 0.5) is 11.4 Å². The number of aromatic nitrogens is 1. The highest BCUT2D eigenvalue weighted by Gasteiger charge is 2.53. The van der Waals surface area contributed by atoms with Gasteiger partial charge in [0, 0.05) is 48.9 Å². The first kappa shape index (κ1) is 20.9. The lowest BCUT2D eigenvalue weighted by molar-refractivity contribution is -0.0273. The summed E-state index contributed by atoms with van der Waals surface area (Å²) in [6, 6.07) is 11.8. The zero-order valence-corrected chi connectivity index (χ0v) is 18.7. The highest BCUT2D eigenvalue weighted by molar-refractivity contribution is 5.62. The van der Waals surface area contributed by atoms with Gasteiger partial charge in [0.15, 0.2) is 0 Å². The van der Waals surface area contributed by atoms with Crippen LogP contribution in [0.2, 0.25) is 0 Å². The largest absolute Gasteiger partial charge is 0.382 e. The maximum absolute atomic E-state index is 5.81. The van der Waals surface area contributed by atoms with Gasteiger partial charge in [0.1, 0.15) is 0 Å². The Labute approximate surface area is 186 Å². The number of hydrogen-bond acceptors (Lipinski definition) is 5. The fraction of sp³-hybridized carbons (Fsp3) is 0.577. The first-order valence-electron chi connectivity index (χ1n) is 11.9. The monoisotopic (exact) mass is 421 g/mol. The van der Waals surface area contributed by atoms with E-state index in [1.165, 1.54) is 50.8 Å². The standard InChI is InChI=1S/C26H35N3O2/c1-30-16-17-31-15-14-29-13-10-26-9-3-2-4-23(26)25(29)18-20-5-6-22(19-24(20)26)28-21-7-11-27-12-8-21/h5-8,11-12,19,23,25H,2-4,9-10,13-18H2,1H3,(H,27,28)/t23-,25+,26+/m0/s1. The molecule has 166 valence electrons. The third kappa shape index (κ3) is 4.11. The molecule has 31 heavy (non-hydrogen) atoms. The molecule has 2 aliphatic carbocycles. The van der Waals surface area contributed by atoms with Crippen LogP contribution in [0.25, 0.3) is 0 Å². The summed E-state index contributed by atoms with van der Waals surface area (Å²) in [7, 11) is 1.73. The van der Waals surface area contributed by atoms with Crippen LogP contribution in [0.5, 0.6) is 0 Å². The Kier molecular flexibility index (Phi) is 6.26. The Bertz CT molecular complexity index is 874. The van der Waals surface area contributed by atoms with Gasteiger partial charge >= 0.3 is 0 Å². The second-order valence-electron chi connectivity index (χ2n) is 9.40. The molecule has 1 aromatic heterocycles. The van der Waals surface area contributed by atoms with Crippen molar-refractivity contribution in [1.82, 2.24) is 9.88 Å². The van der Waals surface area contributed by atoms with E-state index in [9.17, 15) is 0 Å². The molecule has 5 rings (SSSR count). The molecule has 1 N–H and O–H groups in total. The summed E-state index contributed by atoms with van der Waals surface area (Å²) in [5.41, 5.74) is 5.86. The van der Waals surface area contributed by atoms with Crippen molar-refractivity contribution in [2.75, 3.05) is 45.3 Å². The Morgan fingerprint density at radius 2 is 1.97 bits per heavy atom. The second kappa shape index (κ2) is 9.27. The van der Waals surface area contributed by atoms with Gasteiger partial charge in [0.05, 0.1) is 19.8 Å². The second-order valence-corrected chi connectivity index (χ2v) is 9.40. The Morgan fingerprint density at radius 1 is 1.06 bits per heavy atom. The number of nitrogens with one attached hydrogen (secondary N) is 1. The van der Waals surface area contributed by atoms with Gasteiger partial charge in [-0.15, -0.1) is 0 Å². The molecule has 2 aromatic rings. The van der Waals surface area contributed by atoms with Crippen molar-refractivity contribution < 1.29 is 9.47 Å². The van der Waals surface area contributed by atoms with E-state index in [4.69, 9.17) is 9.47 Å². The van der Waals surface area contributed by atoms with E-state index in [1.807, 2.05) is 24.5 Å². The molecule has 1 aromatic carbocycles. The van der Waals surface area contributed by atoms with Crippen molar-refractivity contribution >= 4 is 11.4 Å². The average Bonchev–Trinajstić information content (AvgIpc) is 2.81. The van der Waals surface area contributed by atoms with Crippen LogP contribution in [0, 0.1) is 5.92 Å². The van der Waals surface area contributed by atoms with Crippen molar-refractivity contribution in [2.24, 2.45) is 5.92 Å². The van der Waals surface area contributed by atoms with Crippen LogP contribution in [0.15, 0.2) is 42.7 Å². The Morgan fingerprint density at radius 3 is 2.84 bits per heavy atom. The van der Waals surface area contributed by atoms with E-state index >= 15 is 0 Å². The van der Waals surface area contributed by atoms with E-state index in [0.717, 1.165) is 24.8 Å². The zero-order valence-electron chi connectivity index (χ0n) is 18.7. The molecule has 0 radical (unpaired) electrons. The number of rotatable bonds is 8. The fourth-order valence-electron chi connectivity index (χ4n) is 6.47. The van der Waals surface area contributed by atoms with Crippen LogP contribution in [-0.4, -0.2) is 55.9 Å². The van der Waals surface area contributed by atoms with Crippen LogP contribution in [-0.2, 0) is 21.3 Å². The number of ether oxygens (including phenoxy) is 2. The van der Waals surface area contributed by atoms with Gasteiger partial charge in [0.25, 0.3) is 0 Å². The molecule has 3 atom stereocenters. The van der Waals surface area contributed by atoms with Crippen LogP contribution in [0.1, 0.15) is 43.2 Å². The smallest absolute Gasteiger partial charge is 0.0700 e. The topological polar surface area (TPSA) is 46.6 Å². The molecule has 2 fully saturated rings. The van der Waals surface area contributed by atoms with Crippen LogP contribution < -0.4 is 5.32 Å². The van der Waals surface area contributed by atoms with E-state index < -0.39 is 0 Å². The van der Waals surface area contributed by atoms with Crippen molar-refractivity contribution in [2.45, 2.75) is 50.0 Å². The molecule has 2 bridgehead atoms. The minimum absolute atomic E-state index is 0.361.